The van der Waals surface area contributed by atoms with Crippen molar-refractivity contribution in [2.45, 2.75) is 51.1 Å². The van der Waals surface area contributed by atoms with Crippen molar-refractivity contribution < 1.29 is 4.79 Å². The molecule has 0 aromatic heterocycles. The lowest BCUT2D eigenvalue weighted by molar-refractivity contribution is -0.139. The summed E-state index contributed by atoms with van der Waals surface area (Å²) in [4.78, 5) is 15.2. The molecule has 1 heterocycles. The molecule has 1 N–H and O–H groups in total. The maximum Gasteiger partial charge on any atom is 0.227 e. The lowest BCUT2D eigenvalue weighted by atomic mass is 9.96. The Hall–Kier alpha value is -0.770. The summed E-state index contributed by atoms with van der Waals surface area (Å²) in [6.45, 7) is 2.52. The Kier molecular flexibility index (Phi) is 7.19. The number of rotatable bonds is 4. The summed E-state index contributed by atoms with van der Waals surface area (Å²) in [5, 5.41) is 4.13. The van der Waals surface area contributed by atoms with E-state index in [1.54, 1.807) is 0 Å². The summed E-state index contributed by atoms with van der Waals surface area (Å²) in [7, 11) is 0. The van der Waals surface area contributed by atoms with Gasteiger partial charge in [0, 0.05) is 24.2 Å². The molecular weight excluding hydrogens is 331 g/mol. The molecule has 3 nitrogen and oxygen atoms in total. The monoisotopic (exact) mass is 356 g/mol. The van der Waals surface area contributed by atoms with Crippen LogP contribution in [0, 0.1) is 5.92 Å². The number of nitrogens with zero attached hydrogens (tertiary/aromatic N) is 1. The Labute approximate surface area is 150 Å². The van der Waals surface area contributed by atoms with Gasteiger partial charge < -0.3 is 10.2 Å². The molecule has 3 rings (SSSR count). The SMILES string of the molecule is Cl.O=C(C1CCCNC1)N(Cc1ccccc1Cl)C1CCCC1. The summed E-state index contributed by atoms with van der Waals surface area (Å²) in [5.74, 6) is 0.454. The maximum atomic E-state index is 13.0. The van der Waals surface area contributed by atoms with E-state index in [9.17, 15) is 4.79 Å². The lowest BCUT2D eigenvalue weighted by Crippen LogP contribution is -2.46. The van der Waals surface area contributed by atoms with E-state index in [1.807, 2.05) is 24.3 Å². The molecule has 1 aliphatic heterocycles. The molecule has 2 aliphatic rings. The molecule has 1 aliphatic carbocycles. The zero-order chi connectivity index (χ0) is 15.4. The van der Waals surface area contributed by atoms with E-state index >= 15 is 0 Å². The normalized spacial score (nSPS) is 21.7. The first-order valence-corrected chi connectivity index (χ1v) is 8.88. The molecule has 2 fully saturated rings. The van der Waals surface area contributed by atoms with Gasteiger partial charge >= 0.3 is 0 Å². The number of halogens is 2. The summed E-state index contributed by atoms with van der Waals surface area (Å²) in [5.41, 5.74) is 1.06. The predicted molar refractivity (Wildman–Crippen MR) is 97.1 cm³/mol. The smallest absolute Gasteiger partial charge is 0.227 e. The zero-order valence-electron chi connectivity index (χ0n) is 13.5. The van der Waals surface area contributed by atoms with E-state index in [1.165, 1.54) is 12.8 Å². The zero-order valence-corrected chi connectivity index (χ0v) is 15.0. The fourth-order valence-electron chi connectivity index (χ4n) is 3.71. The van der Waals surface area contributed by atoms with E-state index in [-0.39, 0.29) is 18.3 Å². The van der Waals surface area contributed by atoms with Gasteiger partial charge in [0.15, 0.2) is 0 Å². The van der Waals surface area contributed by atoms with Crippen molar-refractivity contribution in [1.29, 1.82) is 0 Å². The Bertz CT molecular complexity index is 511. The molecule has 1 unspecified atom stereocenters. The third-order valence-electron chi connectivity index (χ3n) is 4.99. The van der Waals surface area contributed by atoms with Crippen LogP contribution < -0.4 is 5.32 Å². The highest BCUT2D eigenvalue weighted by Gasteiger charge is 2.32. The van der Waals surface area contributed by atoms with Crippen molar-refractivity contribution in [1.82, 2.24) is 10.2 Å². The van der Waals surface area contributed by atoms with Gasteiger partial charge in [-0.25, -0.2) is 0 Å². The average molecular weight is 357 g/mol. The summed E-state index contributed by atoms with van der Waals surface area (Å²) < 4.78 is 0. The van der Waals surface area contributed by atoms with Gasteiger partial charge in [0.1, 0.15) is 0 Å². The van der Waals surface area contributed by atoms with Crippen molar-refractivity contribution in [2.24, 2.45) is 5.92 Å². The number of hydrogen-bond acceptors (Lipinski definition) is 2. The number of nitrogens with one attached hydrogen (secondary N) is 1. The molecule has 23 heavy (non-hydrogen) atoms. The minimum atomic E-state index is 0. The van der Waals surface area contributed by atoms with Gasteiger partial charge in [0.25, 0.3) is 0 Å². The molecule has 128 valence electrons. The van der Waals surface area contributed by atoms with Crippen LogP contribution in [0.3, 0.4) is 0 Å². The standard InChI is InChI=1S/C18H25ClN2O.ClH/c19-17-10-4-1-6-15(17)13-21(16-8-2-3-9-16)18(22)14-7-5-11-20-12-14;/h1,4,6,10,14,16,20H,2-3,5,7-9,11-13H2;1H. The molecule has 0 spiro atoms. The van der Waals surface area contributed by atoms with Crippen LogP contribution in [-0.4, -0.2) is 29.9 Å². The van der Waals surface area contributed by atoms with Gasteiger partial charge in [-0.05, 0) is 43.9 Å². The first-order valence-electron chi connectivity index (χ1n) is 8.50. The first kappa shape index (κ1) is 18.6. The topological polar surface area (TPSA) is 32.3 Å². The highest BCUT2D eigenvalue weighted by Crippen LogP contribution is 2.29. The number of carbonyl (C=O) groups is 1. The van der Waals surface area contributed by atoms with Crippen molar-refractivity contribution in [3.05, 3.63) is 34.9 Å². The molecule has 0 bridgehead atoms. The van der Waals surface area contributed by atoms with Gasteiger partial charge in [0.2, 0.25) is 5.91 Å². The minimum Gasteiger partial charge on any atom is -0.335 e. The molecular formula is C18H26Cl2N2O. The van der Waals surface area contributed by atoms with Crippen LogP contribution in [0.25, 0.3) is 0 Å². The van der Waals surface area contributed by atoms with Gasteiger partial charge in [-0.2, -0.15) is 0 Å². The van der Waals surface area contributed by atoms with E-state index in [0.29, 0.717) is 18.5 Å². The summed E-state index contributed by atoms with van der Waals surface area (Å²) in [6.07, 6.45) is 6.85. The predicted octanol–water partition coefficient (Wildman–Crippen LogP) is 4.03. The van der Waals surface area contributed by atoms with Crippen LogP contribution >= 0.6 is 24.0 Å². The van der Waals surface area contributed by atoms with Crippen molar-refractivity contribution >= 4 is 29.9 Å². The summed E-state index contributed by atoms with van der Waals surface area (Å²) in [6, 6.07) is 8.29. The fourth-order valence-corrected chi connectivity index (χ4v) is 3.91. The van der Waals surface area contributed by atoms with Crippen molar-refractivity contribution in [3.63, 3.8) is 0 Å². The second-order valence-corrected chi connectivity index (χ2v) is 6.95. The molecule has 1 atom stereocenters. The second kappa shape index (κ2) is 8.91. The van der Waals surface area contributed by atoms with Crippen LogP contribution in [0.15, 0.2) is 24.3 Å². The van der Waals surface area contributed by atoms with Gasteiger partial charge in [-0.15, -0.1) is 12.4 Å². The van der Waals surface area contributed by atoms with Crippen LogP contribution in [-0.2, 0) is 11.3 Å². The minimum absolute atomic E-state index is 0. The fraction of sp³-hybridized carbons (Fsp3) is 0.611. The third-order valence-corrected chi connectivity index (χ3v) is 5.36. The van der Waals surface area contributed by atoms with Gasteiger partial charge in [-0.3, -0.25) is 4.79 Å². The third kappa shape index (κ3) is 4.62. The van der Waals surface area contributed by atoms with Crippen LogP contribution in [0.1, 0.15) is 44.1 Å². The molecule has 1 aromatic rings. The molecule has 0 radical (unpaired) electrons. The molecule has 1 amide bonds. The summed E-state index contributed by atoms with van der Waals surface area (Å²) >= 11 is 6.32. The van der Waals surface area contributed by atoms with Gasteiger partial charge in [-0.1, -0.05) is 42.6 Å². The largest absolute Gasteiger partial charge is 0.335 e. The van der Waals surface area contributed by atoms with Crippen LogP contribution in [0.2, 0.25) is 5.02 Å². The van der Waals surface area contributed by atoms with E-state index in [0.717, 1.165) is 49.4 Å². The molecule has 5 heteroatoms. The van der Waals surface area contributed by atoms with E-state index in [2.05, 4.69) is 10.2 Å². The highest BCUT2D eigenvalue weighted by molar-refractivity contribution is 6.31. The van der Waals surface area contributed by atoms with Crippen LogP contribution in [0.5, 0.6) is 0 Å². The Morgan fingerprint density at radius 2 is 1.91 bits per heavy atom. The molecule has 1 aromatic carbocycles. The number of benzene rings is 1. The molecule has 1 saturated carbocycles. The lowest BCUT2D eigenvalue weighted by Gasteiger charge is -2.34. The number of carbonyl (C=O) groups excluding carboxylic acids is 1. The van der Waals surface area contributed by atoms with Crippen molar-refractivity contribution in [3.8, 4) is 0 Å². The highest BCUT2D eigenvalue weighted by atomic mass is 35.5. The van der Waals surface area contributed by atoms with Crippen molar-refractivity contribution in [2.75, 3.05) is 13.1 Å². The van der Waals surface area contributed by atoms with E-state index < -0.39 is 0 Å². The Morgan fingerprint density at radius 3 is 2.57 bits per heavy atom. The quantitative estimate of drug-likeness (QED) is 0.882. The Balaban J connectivity index is 0.00000192. The number of piperidine rings is 1. The maximum absolute atomic E-state index is 13.0. The number of hydrogen-bond donors (Lipinski definition) is 1. The van der Waals surface area contributed by atoms with Crippen LogP contribution in [0.4, 0.5) is 0 Å². The number of amides is 1. The van der Waals surface area contributed by atoms with E-state index in [4.69, 9.17) is 11.6 Å². The molecule has 1 saturated heterocycles. The second-order valence-electron chi connectivity index (χ2n) is 6.54. The van der Waals surface area contributed by atoms with Gasteiger partial charge in [0.05, 0.1) is 5.92 Å². The Morgan fingerprint density at radius 1 is 1.17 bits per heavy atom. The average Bonchev–Trinajstić information content (AvgIpc) is 3.08. The first-order chi connectivity index (χ1) is 10.8.